The number of likely N-dealkylation sites (tertiary alicyclic amines) is 1. The van der Waals surface area contributed by atoms with Gasteiger partial charge < -0.3 is 20.3 Å². The number of ether oxygens (including phenoxy) is 1. The fraction of sp³-hybridized carbons (Fsp3) is 0.632. The standard InChI is InChI=1S/C19H31N5O2.HI/c1-4-20-19(24-12-9-16(10-13-24)26-5-2)21-11-8-18(25)23-17-7-6-15(3)14-22-17;/h6-7,14,16H,4-5,8-13H2,1-3H3,(H,20,21)(H,22,23,25);1H. The number of piperidine rings is 1. The summed E-state index contributed by atoms with van der Waals surface area (Å²) in [5.74, 6) is 1.38. The van der Waals surface area contributed by atoms with Crippen molar-refractivity contribution in [3.63, 3.8) is 0 Å². The average Bonchev–Trinajstić information content (AvgIpc) is 2.64. The minimum atomic E-state index is -0.0731. The number of aromatic nitrogens is 1. The third-order valence-corrected chi connectivity index (χ3v) is 4.26. The molecule has 0 spiro atoms. The van der Waals surface area contributed by atoms with Gasteiger partial charge in [-0.15, -0.1) is 24.0 Å². The third kappa shape index (κ3) is 8.42. The van der Waals surface area contributed by atoms with Gasteiger partial charge >= 0.3 is 0 Å². The Morgan fingerprint density at radius 2 is 2.07 bits per heavy atom. The van der Waals surface area contributed by atoms with E-state index in [0.717, 1.165) is 50.6 Å². The van der Waals surface area contributed by atoms with Gasteiger partial charge in [0.1, 0.15) is 5.82 Å². The van der Waals surface area contributed by atoms with Crippen LogP contribution in [0.5, 0.6) is 0 Å². The number of nitrogens with zero attached hydrogens (tertiary/aromatic N) is 3. The van der Waals surface area contributed by atoms with Crippen LogP contribution in [0.3, 0.4) is 0 Å². The van der Waals surface area contributed by atoms with Gasteiger partial charge in [0, 0.05) is 38.9 Å². The van der Waals surface area contributed by atoms with Crippen molar-refractivity contribution in [3.8, 4) is 0 Å². The topological polar surface area (TPSA) is 78.8 Å². The normalized spacial score (nSPS) is 15.2. The first kappa shape index (κ1) is 23.6. The molecule has 1 aromatic heterocycles. The summed E-state index contributed by atoms with van der Waals surface area (Å²) < 4.78 is 5.70. The third-order valence-electron chi connectivity index (χ3n) is 4.26. The predicted octanol–water partition coefficient (Wildman–Crippen LogP) is 2.80. The zero-order valence-electron chi connectivity index (χ0n) is 16.5. The van der Waals surface area contributed by atoms with Crippen molar-refractivity contribution in [2.45, 2.75) is 46.1 Å². The lowest BCUT2D eigenvalue weighted by Crippen LogP contribution is -2.47. The van der Waals surface area contributed by atoms with Gasteiger partial charge in [0.2, 0.25) is 5.91 Å². The zero-order chi connectivity index (χ0) is 18.8. The van der Waals surface area contributed by atoms with Crippen molar-refractivity contribution in [1.29, 1.82) is 0 Å². The lowest BCUT2D eigenvalue weighted by Gasteiger charge is -2.34. The number of hydrogen-bond donors (Lipinski definition) is 2. The van der Waals surface area contributed by atoms with Crippen molar-refractivity contribution in [2.75, 3.05) is 38.1 Å². The molecule has 0 saturated carbocycles. The van der Waals surface area contributed by atoms with Gasteiger partial charge in [-0.2, -0.15) is 0 Å². The molecule has 0 atom stereocenters. The Bertz CT molecular complexity index is 586. The molecule has 7 nitrogen and oxygen atoms in total. The van der Waals surface area contributed by atoms with Gasteiger partial charge in [-0.3, -0.25) is 9.79 Å². The maximum absolute atomic E-state index is 12.1. The van der Waals surface area contributed by atoms with Crippen LogP contribution in [0.4, 0.5) is 5.82 Å². The molecule has 152 valence electrons. The number of rotatable bonds is 7. The van der Waals surface area contributed by atoms with Gasteiger partial charge in [-0.25, -0.2) is 4.98 Å². The highest BCUT2D eigenvalue weighted by atomic mass is 127. The Morgan fingerprint density at radius 1 is 1.33 bits per heavy atom. The van der Waals surface area contributed by atoms with Crippen LogP contribution in [0.2, 0.25) is 0 Å². The summed E-state index contributed by atoms with van der Waals surface area (Å²) in [5, 5.41) is 6.12. The molecule has 1 saturated heterocycles. The largest absolute Gasteiger partial charge is 0.378 e. The number of aryl methyl sites for hydroxylation is 1. The molecule has 0 unspecified atom stereocenters. The summed E-state index contributed by atoms with van der Waals surface area (Å²) in [4.78, 5) is 23.1. The summed E-state index contributed by atoms with van der Waals surface area (Å²) in [7, 11) is 0. The van der Waals surface area contributed by atoms with E-state index in [1.54, 1.807) is 6.20 Å². The SMILES string of the molecule is CCNC(=NCCC(=O)Nc1ccc(C)cn1)N1CCC(OCC)CC1.I. The van der Waals surface area contributed by atoms with Crippen molar-refractivity contribution in [2.24, 2.45) is 4.99 Å². The zero-order valence-corrected chi connectivity index (χ0v) is 18.9. The molecule has 0 bridgehead atoms. The molecule has 1 aliphatic rings. The van der Waals surface area contributed by atoms with Gasteiger partial charge in [-0.1, -0.05) is 6.07 Å². The Labute approximate surface area is 179 Å². The predicted molar refractivity (Wildman–Crippen MR) is 120 cm³/mol. The molecule has 0 aliphatic carbocycles. The van der Waals surface area contributed by atoms with Crippen molar-refractivity contribution in [1.82, 2.24) is 15.2 Å². The van der Waals surface area contributed by atoms with Gasteiger partial charge in [-0.05, 0) is 45.2 Å². The van der Waals surface area contributed by atoms with Crippen LogP contribution in [0, 0.1) is 6.92 Å². The molecular formula is C19H32IN5O2. The van der Waals surface area contributed by atoms with E-state index in [1.165, 1.54) is 0 Å². The molecule has 0 aromatic carbocycles. The summed E-state index contributed by atoms with van der Waals surface area (Å²) >= 11 is 0. The molecule has 2 heterocycles. The smallest absolute Gasteiger partial charge is 0.227 e. The fourth-order valence-electron chi connectivity index (χ4n) is 2.91. The second-order valence-electron chi connectivity index (χ2n) is 6.40. The monoisotopic (exact) mass is 489 g/mol. The van der Waals surface area contributed by atoms with Crippen LogP contribution in [-0.4, -0.2) is 60.6 Å². The minimum absolute atomic E-state index is 0. The number of nitrogens with one attached hydrogen (secondary N) is 2. The van der Waals surface area contributed by atoms with Gasteiger partial charge in [0.25, 0.3) is 0 Å². The highest BCUT2D eigenvalue weighted by Crippen LogP contribution is 2.13. The summed E-state index contributed by atoms with van der Waals surface area (Å²) in [6, 6.07) is 3.74. The number of aliphatic imine (C=N–C) groups is 1. The Kier molecular flexibility index (Phi) is 11.3. The highest BCUT2D eigenvalue weighted by Gasteiger charge is 2.21. The maximum atomic E-state index is 12.1. The molecule has 27 heavy (non-hydrogen) atoms. The quantitative estimate of drug-likeness (QED) is 0.350. The van der Waals surface area contributed by atoms with Crippen LogP contribution >= 0.6 is 24.0 Å². The van der Waals surface area contributed by atoms with E-state index in [2.05, 4.69) is 32.4 Å². The molecule has 2 N–H and O–H groups in total. The fourth-order valence-corrected chi connectivity index (χ4v) is 2.91. The maximum Gasteiger partial charge on any atom is 0.227 e. The molecule has 1 fully saturated rings. The molecular weight excluding hydrogens is 457 g/mol. The van der Waals surface area contributed by atoms with E-state index >= 15 is 0 Å². The van der Waals surface area contributed by atoms with E-state index in [0.29, 0.717) is 24.9 Å². The molecule has 1 amide bonds. The Balaban J connectivity index is 0.00000364. The highest BCUT2D eigenvalue weighted by molar-refractivity contribution is 14.0. The van der Waals surface area contributed by atoms with Crippen molar-refractivity contribution in [3.05, 3.63) is 23.9 Å². The second kappa shape index (κ2) is 12.9. The van der Waals surface area contributed by atoms with Crippen LogP contribution in [-0.2, 0) is 9.53 Å². The van der Waals surface area contributed by atoms with E-state index in [9.17, 15) is 4.79 Å². The Morgan fingerprint density at radius 3 is 2.67 bits per heavy atom. The minimum Gasteiger partial charge on any atom is -0.378 e. The van der Waals surface area contributed by atoms with E-state index in [4.69, 9.17) is 4.74 Å². The Hall–Kier alpha value is -1.42. The molecule has 8 heteroatoms. The van der Waals surface area contributed by atoms with Crippen LogP contribution in [0.25, 0.3) is 0 Å². The summed E-state index contributed by atoms with van der Waals surface area (Å²) in [5.41, 5.74) is 1.07. The number of anilines is 1. The van der Waals surface area contributed by atoms with Crippen LogP contribution < -0.4 is 10.6 Å². The van der Waals surface area contributed by atoms with Gasteiger partial charge in [0.15, 0.2) is 5.96 Å². The molecule has 1 aliphatic heterocycles. The number of halogens is 1. The first-order chi connectivity index (χ1) is 12.6. The molecule has 1 aromatic rings. The number of carbonyl (C=O) groups excluding carboxylic acids is 1. The first-order valence-corrected chi connectivity index (χ1v) is 9.49. The number of hydrogen-bond acceptors (Lipinski definition) is 4. The lowest BCUT2D eigenvalue weighted by atomic mass is 10.1. The first-order valence-electron chi connectivity index (χ1n) is 9.49. The molecule has 0 radical (unpaired) electrons. The lowest BCUT2D eigenvalue weighted by molar-refractivity contribution is -0.116. The van der Waals surface area contributed by atoms with E-state index < -0.39 is 0 Å². The number of pyridine rings is 1. The number of carbonyl (C=O) groups is 1. The summed E-state index contributed by atoms with van der Waals surface area (Å²) in [6.07, 6.45) is 4.45. The average molecular weight is 489 g/mol. The van der Waals surface area contributed by atoms with E-state index in [1.807, 2.05) is 26.0 Å². The number of guanidine groups is 1. The van der Waals surface area contributed by atoms with Gasteiger partial charge in [0.05, 0.1) is 12.6 Å². The van der Waals surface area contributed by atoms with Crippen LogP contribution in [0.1, 0.15) is 38.7 Å². The molecule has 2 rings (SSSR count). The second-order valence-corrected chi connectivity index (χ2v) is 6.40. The van der Waals surface area contributed by atoms with E-state index in [-0.39, 0.29) is 29.9 Å². The van der Waals surface area contributed by atoms with Crippen molar-refractivity contribution < 1.29 is 9.53 Å². The van der Waals surface area contributed by atoms with Crippen LogP contribution in [0.15, 0.2) is 23.3 Å². The summed E-state index contributed by atoms with van der Waals surface area (Å²) in [6.45, 7) is 9.94. The van der Waals surface area contributed by atoms with Crippen molar-refractivity contribution >= 4 is 41.7 Å². The number of amides is 1.